The van der Waals surface area contributed by atoms with Crippen molar-refractivity contribution >= 4 is 26.0 Å². The molecule has 0 atom stereocenters. The average Bonchev–Trinajstić information content (AvgIpc) is 2.09. The molecule has 0 fully saturated rings. The summed E-state index contributed by atoms with van der Waals surface area (Å²) < 4.78 is 37.8. The molecule has 0 spiro atoms. The Morgan fingerprint density at radius 1 is 1.46 bits per heavy atom. The van der Waals surface area contributed by atoms with Gasteiger partial charge in [-0.3, -0.25) is 0 Å². The van der Waals surface area contributed by atoms with Gasteiger partial charge in [-0.25, -0.2) is 17.5 Å². The predicted molar refractivity (Wildman–Crippen MR) is 50.3 cm³/mol. The quantitative estimate of drug-likeness (QED) is 0.883. The first-order chi connectivity index (χ1) is 5.99. The lowest BCUT2D eigenvalue weighted by Gasteiger charge is -2.04. The van der Waals surface area contributed by atoms with Gasteiger partial charge in [0.1, 0.15) is 4.90 Å². The molecule has 0 heterocycles. The van der Waals surface area contributed by atoms with Crippen LogP contribution in [0.25, 0.3) is 0 Å². The van der Waals surface area contributed by atoms with Crippen molar-refractivity contribution in [3.05, 3.63) is 28.5 Å². The Kier molecular flexibility index (Phi) is 3.05. The van der Waals surface area contributed by atoms with Gasteiger partial charge in [0.2, 0.25) is 10.0 Å². The summed E-state index contributed by atoms with van der Waals surface area (Å²) in [5.41, 5.74) is 0. The lowest BCUT2D eigenvalue weighted by molar-refractivity contribution is 0.558. The van der Waals surface area contributed by atoms with Crippen LogP contribution in [0, 0.1) is 5.82 Å². The monoisotopic (exact) mass is 267 g/mol. The molecule has 0 aliphatic heterocycles. The topological polar surface area (TPSA) is 46.2 Å². The number of benzene rings is 1. The molecular formula is C7H7BrFNO2S. The van der Waals surface area contributed by atoms with Gasteiger partial charge in [0.15, 0.2) is 5.82 Å². The van der Waals surface area contributed by atoms with Gasteiger partial charge in [0.05, 0.1) is 4.47 Å². The molecule has 13 heavy (non-hydrogen) atoms. The van der Waals surface area contributed by atoms with Crippen molar-refractivity contribution < 1.29 is 12.8 Å². The molecule has 6 heteroatoms. The molecule has 1 aromatic rings. The SMILES string of the molecule is CNS(=O)(=O)c1cccc(Br)c1F. The van der Waals surface area contributed by atoms with Crippen LogP contribution < -0.4 is 4.72 Å². The highest BCUT2D eigenvalue weighted by atomic mass is 79.9. The fraction of sp³-hybridized carbons (Fsp3) is 0.143. The molecular weight excluding hydrogens is 261 g/mol. The lowest BCUT2D eigenvalue weighted by Crippen LogP contribution is -2.19. The van der Waals surface area contributed by atoms with E-state index in [1.54, 1.807) is 0 Å². The highest BCUT2D eigenvalue weighted by molar-refractivity contribution is 9.10. The normalized spacial score (nSPS) is 11.6. The van der Waals surface area contributed by atoms with Crippen LogP contribution in [0.3, 0.4) is 0 Å². The van der Waals surface area contributed by atoms with Crippen LogP contribution in [0.1, 0.15) is 0 Å². The minimum absolute atomic E-state index is 0.129. The predicted octanol–water partition coefficient (Wildman–Crippen LogP) is 1.50. The molecule has 0 saturated carbocycles. The van der Waals surface area contributed by atoms with Gasteiger partial charge < -0.3 is 0 Å². The molecule has 3 nitrogen and oxygen atoms in total. The lowest BCUT2D eigenvalue weighted by atomic mass is 10.3. The molecule has 1 rings (SSSR count). The molecule has 0 aliphatic carbocycles. The Bertz CT molecular complexity index is 419. The maximum Gasteiger partial charge on any atom is 0.243 e. The first-order valence-electron chi connectivity index (χ1n) is 3.36. The van der Waals surface area contributed by atoms with Crippen LogP contribution in [0.2, 0.25) is 0 Å². The molecule has 0 radical (unpaired) electrons. The van der Waals surface area contributed by atoms with E-state index in [1.165, 1.54) is 25.2 Å². The second-order valence-corrected chi connectivity index (χ2v) is 4.97. The van der Waals surface area contributed by atoms with E-state index < -0.39 is 15.8 Å². The van der Waals surface area contributed by atoms with Gasteiger partial charge in [-0.15, -0.1) is 0 Å². The van der Waals surface area contributed by atoms with E-state index >= 15 is 0 Å². The standard InChI is InChI=1S/C7H7BrFNO2S/c1-10-13(11,12)6-4-2-3-5(8)7(6)9/h2-4,10H,1H3. The van der Waals surface area contributed by atoms with E-state index in [9.17, 15) is 12.8 Å². The van der Waals surface area contributed by atoms with Crippen LogP contribution in [0.15, 0.2) is 27.6 Å². The highest BCUT2D eigenvalue weighted by Gasteiger charge is 2.17. The summed E-state index contributed by atoms with van der Waals surface area (Å²) in [5.74, 6) is -0.781. The van der Waals surface area contributed by atoms with E-state index in [0.29, 0.717) is 0 Å². The molecule has 0 aliphatic rings. The second-order valence-electron chi connectivity index (χ2n) is 2.26. The van der Waals surface area contributed by atoms with Gasteiger partial charge in [0, 0.05) is 0 Å². The summed E-state index contributed by atoms with van der Waals surface area (Å²) >= 11 is 2.90. The van der Waals surface area contributed by atoms with Crippen molar-refractivity contribution in [2.75, 3.05) is 7.05 Å². The fourth-order valence-electron chi connectivity index (χ4n) is 0.802. The van der Waals surface area contributed by atoms with E-state index in [0.717, 1.165) is 0 Å². The Morgan fingerprint density at radius 3 is 2.62 bits per heavy atom. The summed E-state index contributed by atoms with van der Waals surface area (Å²) in [6.45, 7) is 0. The van der Waals surface area contributed by atoms with Crippen LogP contribution in [-0.2, 0) is 10.0 Å². The third-order valence-electron chi connectivity index (χ3n) is 1.47. The zero-order chi connectivity index (χ0) is 10.1. The Labute approximate surface area is 84.1 Å². The molecule has 1 aromatic carbocycles. The number of nitrogens with one attached hydrogen (secondary N) is 1. The highest BCUT2D eigenvalue weighted by Crippen LogP contribution is 2.21. The Balaban J connectivity index is 3.40. The summed E-state index contributed by atoms with van der Waals surface area (Å²) in [6.07, 6.45) is 0. The molecule has 1 N–H and O–H groups in total. The van der Waals surface area contributed by atoms with Crippen molar-refractivity contribution in [2.24, 2.45) is 0 Å². The van der Waals surface area contributed by atoms with E-state index in [2.05, 4.69) is 15.9 Å². The number of rotatable bonds is 2. The van der Waals surface area contributed by atoms with Crippen LogP contribution in [0.4, 0.5) is 4.39 Å². The van der Waals surface area contributed by atoms with Crippen molar-refractivity contribution in [1.82, 2.24) is 4.72 Å². The van der Waals surface area contributed by atoms with Crippen molar-refractivity contribution in [3.63, 3.8) is 0 Å². The first-order valence-corrected chi connectivity index (χ1v) is 5.64. The summed E-state index contributed by atoms with van der Waals surface area (Å²) in [7, 11) is -2.47. The smallest absolute Gasteiger partial charge is 0.214 e. The van der Waals surface area contributed by atoms with Gasteiger partial charge in [-0.05, 0) is 35.1 Å². The molecule has 0 bridgehead atoms. The first kappa shape index (κ1) is 10.6. The average molecular weight is 268 g/mol. The molecule has 72 valence electrons. The maximum absolute atomic E-state index is 13.2. The Morgan fingerprint density at radius 2 is 2.08 bits per heavy atom. The van der Waals surface area contributed by atoms with Crippen molar-refractivity contribution in [3.8, 4) is 0 Å². The number of hydrogen-bond donors (Lipinski definition) is 1. The Hall–Kier alpha value is -0.460. The van der Waals surface area contributed by atoms with Crippen LogP contribution in [0.5, 0.6) is 0 Å². The van der Waals surface area contributed by atoms with E-state index in [1.807, 2.05) is 4.72 Å². The van der Waals surface area contributed by atoms with Gasteiger partial charge in [0.25, 0.3) is 0 Å². The van der Waals surface area contributed by atoms with Crippen molar-refractivity contribution in [1.29, 1.82) is 0 Å². The second kappa shape index (κ2) is 3.73. The summed E-state index contributed by atoms with van der Waals surface area (Å²) in [6, 6.07) is 4.09. The van der Waals surface area contributed by atoms with Gasteiger partial charge >= 0.3 is 0 Å². The third kappa shape index (κ3) is 2.07. The third-order valence-corrected chi connectivity index (χ3v) is 3.52. The minimum atomic E-state index is -3.71. The summed E-state index contributed by atoms with van der Waals surface area (Å²) in [4.78, 5) is -0.357. The van der Waals surface area contributed by atoms with E-state index in [4.69, 9.17) is 0 Å². The van der Waals surface area contributed by atoms with Gasteiger partial charge in [-0.1, -0.05) is 6.07 Å². The van der Waals surface area contributed by atoms with Gasteiger partial charge in [-0.2, -0.15) is 0 Å². The molecule has 0 unspecified atom stereocenters. The number of sulfonamides is 1. The number of halogens is 2. The largest absolute Gasteiger partial charge is 0.243 e. The minimum Gasteiger partial charge on any atom is -0.214 e. The zero-order valence-corrected chi connectivity index (χ0v) is 9.12. The maximum atomic E-state index is 13.2. The fourth-order valence-corrected chi connectivity index (χ4v) is 2.12. The number of hydrogen-bond acceptors (Lipinski definition) is 2. The summed E-state index contributed by atoms with van der Waals surface area (Å²) in [5, 5.41) is 0. The van der Waals surface area contributed by atoms with Crippen LogP contribution in [-0.4, -0.2) is 15.5 Å². The van der Waals surface area contributed by atoms with Crippen molar-refractivity contribution in [2.45, 2.75) is 4.90 Å². The molecule has 0 aromatic heterocycles. The zero-order valence-electron chi connectivity index (χ0n) is 6.71. The molecule has 0 amide bonds. The van der Waals surface area contributed by atoms with Crippen LogP contribution >= 0.6 is 15.9 Å². The van der Waals surface area contributed by atoms with E-state index in [-0.39, 0.29) is 9.37 Å². The molecule has 0 saturated heterocycles.